The second-order valence-corrected chi connectivity index (χ2v) is 4.52. The molecule has 0 heterocycles. The molecule has 18 heavy (non-hydrogen) atoms. The molecular formula is C14H13BrN2O. The van der Waals surface area contributed by atoms with Crippen LogP contribution in [0.2, 0.25) is 0 Å². The van der Waals surface area contributed by atoms with Crippen LogP contribution in [0.5, 0.6) is 0 Å². The van der Waals surface area contributed by atoms with Gasteiger partial charge in [0, 0.05) is 10.0 Å². The fourth-order valence-electron chi connectivity index (χ4n) is 1.45. The van der Waals surface area contributed by atoms with E-state index in [9.17, 15) is 0 Å². The van der Waals surface area contributed by atoms with Gasteiger partial charge in [0.1, 0.15) is 0 Å². The van der Waals surface area contributed by atoms with E-state index in [-0.39, 0.29) is 0 Å². The van der Waals surface area contributed by atoms with Gasteiger partial charge in [-0.1, -0.05) is 34.1 Å². The minimum absolute atomic E-state index is 0.554. The fraction of sp³-hybridized carbons (Fsp3) is 0.0714. The Hall–Kier alpha value is -1.81. The molecule has 0 radical (unpaired) electrons. The standard InChI is InChI=1S/C14H13BrN2O/c1-18-14(11-5-3-2-4-6-11)17-16-13-9-7-12(15)8-10-13/h2-10,16H,1H3/b17-14-. The molecule has 92 valence electrons. The van der Waals surface area contributed by atoms with Crippen molar-refractivity contribution >= 4 is 27.5 Å². The van der Waals surface area contributed by atoms with Crippen LogP contribution in [0.25, 0.3) is 0 Å². The summed E-state index contributed by atoms with van der Waals surface area (Å²) >= 11 is 3.39. The number of hydrogen-bond donors (Lipinski definition) is 1. The summed E-state index contributed by atoms with van der Waals surface area (Å²) in [6.45, 7) is 0. The topological polar surface area (TPSA) is 33.6 Å². The number of halogens is 1. The van der Waals surface area contributed by atoms with E-state index in [0.717, 1.165) is 15.7 Å². The summed E-state index contributed by atoms with van der Waals surface area (Å²) in [5.74, 6) is 0.554. The van der Waals surface area contributed by atoms with Gasteiger partial charge in [-0.05, 0) is 36.4 Å². The van der Waals surface area contributed by atoms with Gasteiger partial charge in [-0.15, -0.1) is 5.10 Å². The first-order chi connectivity index (χ1) is 8.79. The minimum atomic E-state index is 0.554. The van der Waals surface area contributed by atoms with Crippen LogP contribution in [0.15, 0.2) is 64.2 Å². The third kappa shape index (κ3) is 3.34. The van der Waals surface area contributed by atoms with Crippen LogP contribution in [0.4, 0.5) is 5.69 Å². The van der Waals surface area contributed by atoms with E-state index in [1.807, 2.05) is 54.6 Å². The van der Waals surface area contributed by atoms with E-state index in [1.54, 1.807) is 7.11 Å². The van der Waals surface area contributed by atoms with Crippen molar-refractivity contribution < 1.29 is 4.74 Å². The summed E-state index contributed by atoms with van der Waals surface area (Å²) in [4.78, 5) is 0. The highest BCUT2D eigenvalue weighted by molar-refractivity contribution is 9.10. The van der Waals surface area contributed by atoms with Crippen molar-refractivity contribution in [3.63, 3.8) is 0 Å². The smallest absolute Gasteiger partial charge is 0.238 e. The summed E-state index contributed by atoms with van der Waals surface area (Å²) in [5, 5.41) is 4.24. The Balaban J connectivity index is 2.14. The lowest BCUT2D eigenvalue weighted by atomic mass is 10.2. The fourth-order valence-corrected chi connectivity index (χ4v) is 1.71. The molecule has 0 saturated heterocycles. The van der Waals surface area contributed by atoms with E-state index in [0.29, 0.717) is 5.90 Å². The first-order valence-corrected chi connectivity index (χ1v) is 6.27. The van der Waals surface area contributed by atoms with Crippen LogP contribution in [-0.2, 0) is 4.74 Å². The monoisotopic (exact) mass is 304 g/mol. The van der Waals surface area contributed by atoms with Gasteiger partial charge in [-0.3, -0.25) is 5.43 Å². The maximum Gasteiger partial charge on any atom is 0.238 e. The molecule has 0 atom stereocenters. The summed E-state index contributed by atoms with van der Waals surface area (Å²) < 4.78 is 6.29. The van der Waals surface area contributed by atoms with Gasteiger partial charge in [0.15, 0.2) is 0 Å². The van der Waals surface area contributed by atoms with Gasteiger partial charge >= 0.3 is 0 Å². The number of hydrogen-bond acceptors (Lipinski definition) is 3. The number of benzene rings is 2. The van der Waals surface area contributed by atoms with E-state index >= 15 is 0 Å². The SMILES string of the molecule is CO/C(=N\Nc1ccc(Br)cc1)c1ccccc1. The highest BCUT2D eigenvalue weighted by Gasteiger charge is 2.01. The molecule has 0 fully saturated rings. The second-order valence-electron chi connectivity index (χ2n) is 3.61. The Kier molecular flexibility index (Phi) is 4.36. The average Bonchev–Trinajstić information content (AvgIpc) is 2.43. The number of ether oxygens (including phenoxy) is 1. The van der Waals surface area contributed by atoms with Crippen molar-refractivity contribution in [2.75, 3.05) is 12.5 Å². The largest absolute Gasteiger partial charge is 0.480 e. The van der Waals surface area contributed by atoms with Gasteiger partial charge in [-0.2, -0.15) is 0 Å². The van der Waals surface area contributed by atoms with Gasteiger partial charge in [-0.25, -0.2) is 0 Å². The Morgan fingerprint density at radius 1 is 1.06 bits per heavy atom. The van der Waals surface area contributed by atoms with Crippen LogP contribution in [0, 0.1) is 0 Å². The average molecular weight is 305 g/mol. The zero-order chi connectivity index (χ0) is 12.8. The van der Waals surface area contributed by atoms with Crippen molar-refractivity contribution in [2.24, 2.45) is 5.10 Å². The predicted octanol–water partition coefficient (Wildman–Crippen LogP) is 3.87. The zero-order valence-electron chi connectivity index (χ0n) is 9.93. The maximum absolute atomic E-state index is 5.26. The lowest BCUT2D eigenvalue weighted by Crippen LogP contribution is -2.06. The number of methoxy groups -OCH3 is 1. The van der Waals surface area contributed by atoms with E-state index in [2.05, 4.69) is 26.5 Å². The lowest BCUT2D eigenvalue weighted by Gasteiger charge is -2.06. The molecule has 2 rings (SSSR count). The van der Waals surface area contributed by atoms with Gasteiger partial charge in [0.2, 0.25) is 5.90 Å². The van der Waals surface area contributed by atoms with Crippen LogP contribution < -0.4 is 5.43 Å². The molecule has 4 heteroatoms. The van der Waals surface area contributed by atoms with Crippen LogP contribution in [0.3, 0.4) is 0 Å². The first-order valence-electron chi connectivity index (χ1n) is 5.48. The Bertz CT molecular complexity index is 523. The molecular weight excluding hydrogens is 292 g/mol. The lowest BCUT2D eigenvalue weighted by molar-refractivity contribution is 0.404. The summed E-state index contributed by atoms with van der Waals surface area (Å²) in [6, 6.07) is 17.5. The molecule has 1 N–H and O–H groups in total. The van der Waals surface area contributed by atoms with E-state index in [4.69, 9.17) is 4.74 Å². The minimum Gasteiger partial charge on any atom is -0.480 e. The summed E-state index contributed by atoms with van der Waals surface area (Å²) in [6.07, 6.45) is 0. The predicted molar refractivity (Wildman–Crippen MR) is 77.8 cm³/mol. The number of rotatable bonds is 3. The van der Waals surface area contributed by atoms with Crippen molar-refractivity contribution in [3.05, 3.63) is 64.6 Å². The summed E-state index contributed by atoms with van der Waals surface area (Å²) in [5.41, 5.74) is 4.80. The number of nitrogens with zero attached hydrogens (tertiary/aromatic N) is 1. The first kappa shape index (κ1) is 12.6. The quantitative estimate of drug-likeness (QED) is 0.530. The van der Waals surface area contributed by atoms with E-state index < -0.39 is 0 Å². The zero-order valence-corrected chi connectivity index (χ0v) is 11.5. The third-order valence-electron chi connectivity index (χ3n) is 2.34. The normalized spacial score (nSPS) is 11.1. The van der Waals surface area contributed by atoms with Crippen LogP contribution >= 0.6 is 15.9 Å². The molecule has 0 aliphatic carbocycles. The molecule has 2 aromatic rings. The molecule has 0 bridgehead atoms. The van der Waals surface area contributed by atoms with Crippen molar-refractivity contribution in [3.8, 4) is 0 Å². The summed E-state index contributed by atoms with van der Waals surface area (Å²) in [7, 11) is 1.61. The molecule has 0 amide bonds. The Labute approximate surface area is 115 Å². The molecule has 0 aliphatic rings. The molecule has 0 spiro atoms. The molecule has 0 saturated carbocycles. The molecule has 2 aromatic carbocycles. The van der Waals surface area contributed by atoms with Gasteiger partial charge in [0.25, 0.3) is 0 Å². The van der Waals surface area contributed by atoms with Crippen molar-refractivity contribution in [2.45, 2.75) is 0 Å². The van der Waals surface area contributed by atoms with Crippen LogP contribution in [0.1, 0.15) is 5.56 Å². The molecule has 0 aromatic heterocycles. The number of hydrazone groups is 1. The van der Waals surface area contributed by atoms with Crippen molar-refractivity contribution in [1.29, 1.82) is 0 Å². The van der Waals surface area contributed by atoms with Crippen molar-refractivity contribution in [1.82, 2.24) is 0 Å². The van der Waals surface area contributed by atoms with Gasteiger partial charge < -0.3 is 4.74 Å². The Morgan fingerprint density at radius 3 is 2.33 bits per heavy atom. The molecule has 0 aliphatic heterocycles. The van der Waals surface area contributed by atoms with Crippen LogP contribution in [-0.4, -0.2) is 13.0 Å². The van der Waals surface area contributed by atoms with Gasteiger partial charge in [0.05, 0.1) is 12.8 Å². The second kappa shape index (κ2) is 6.21. The maximum atomic E-state index is 5.26. The molecule has 0 unspecified atom stereocenters. The highest BCUT2D eigenvalue weighted by atomic mass is 79.9. The molecule has 3 nitrogen and oxygen atoms in total. The van der Waals surface area contributed by atoms with E-state index in [1.165, 1.54) is 0 Å². The highest BCUT2D eigenvalue weighted by Crippen LogP contribution is 2.14. The number of anilines is 1. The third-order valence-corrected chi connectivity index (χ3v) is 2.87. The Morgan fingerprint density at radius 2 is 1.72 bits per heavy atom. The number of nitrogens with one attached hydrogen (secondary N) is 1.